The van der Waals surface area contributed by atoms with Gasteiger partial charge in [-0.3, -0.25) is 4.98 Å². The number of benzene rings is 2. The molecule has 0 amide bonds. The van der Waals surface area contributed by atoms with E-state index >= 15 is 0 Å². The zero-order chi connectivity index (χ0) is 12.5. The lowest BCUT2D eigenvalue weighted by Crippen LogP contribution is -1.91. The van der Waals surface area contributed by atoms with Crippen LogP contribution in [0.1, 0.15) is 0 Å². The Labute approximate surface area is 105 Å². The van der Waals surface area contributed by atoms with E-state index in [0.717, 1.165) is 33.2 Å². The summed E-state index contributed by atoms with van der Waals surface area (Å²) >= 11 is 0. The van der Waals surface area contributed by atoms with E-state index in [0.29, 0.717) is 0 Å². The summed E-state index contributed by atoms with van der Waals surface area (Å²) in [5, 5.41) is 3.29. The molecule has 1 heterocycles. The van der Waals surface area contributed by atoms with E-state index in [9.17, 15) is 0 Å². The molecule has 0 fully saturated rings. The standard InChI is InChI=1S/C15H13NO2/c1-17-14-7-10-9-16-13-6-4-3-5-11(13)12(10)8-15(14)18-2/h3-9H,1-2H3. The first-order valence-corrected chi connectivity index (χ1v) is 5.73. The monoisotopic (exact) mass is 239 g/mol. The van der Waals surface area contributed by atoms with E-state index in [1.807, 2.05) is 36.5 Å². The predicted octanol–water partition coefficient (Wildman–Crippen LogP) is 3.41. The van der Waals surface area contributed by atoms with Gasteiger partial charge in [0.25, 0.3) is 0 Å². The molecule has 0 saturated carbocycles. The van der Waals surface area contributed by atoms with Crippen molar-refractivity contribution in [1.29, 1.82) is 0 Å². The third-order valence-electron chi connectivity index (χ3n) is 3.09. The van der Waals surface area contributed by atoms with Gasteiger partial charge in [-0.15, -0.1) is 0 Å². The van der Waals surface area contributed by atoms with E-state index in [1.165, 1.54) is 0 Å². The average Bonchev–Trinajstić information content (AvgIpc) is 2.45. The molecule has 3 heteroatoms. The van der Waals surface area contributed by atoms with Gasteiger partial charge in [-0.1, -0.05) is 18.2 Å². The van der Waals surface area contributed by atoms with Gasteiger partial charge in [-0.25, -0.2) is 0 Å². The molecular formula is C15H13NO2. The maximum Gasteiger partial charge on any atom is 0.161 e. The molecule has 2 aromatic carbocycles. The lowest BCUT2D eigenvalue weighted by molar-refractivity contribution is 0.356. The minimum Gasteiger partial charge on any atom is -0.493 e. The van der Waals surface area contributed by atoms with Crippen LogP contribution >= 0.6 is 0 Å². The lowest BCUT2D eigenvalue weighted by Gasteiger charge is -2.10. The zero-order valence-corrected chi connectivity index (χ0v) is 10.3. The van der Waals surface area contributed by atoms with Crippen LogP contribution in [0.15, 0.2) is 42.6 Å². The molecule has 3 nitrogen and oxygen atoms in total. The quantitative estimate of drug-likeness (QED) is 0.642. The number of ether oxygens (including phenoxy) is 2. The predicted molar refractivity (Wildman–Crippen MR) is 72.4 cm³/mol. The number of nitrogens with zero attached hydrogens (tertiary/aromatic N) is 1. The van der Waals surface area contributed by atoms with E-state index in [1.54, 1.807) is 14.2 Å². The van der Waals surface area contributed by atoms with Gasteiger partial charge in [-0.2, -0.15) is 0 Å². The number of pyridine rings is 1. The second-order valence-electron chi connectivity index (χ2n) is 4.07. The summed E-state index contributed by atoms with van der Waals surface area (Å²) in [5.74, 6) is 1.46. The topological polar surface area (TPSA) is 31.4 Å². The first-order valence-electron chi connectivity index (χ1n) is 5.73. The summed E-state index contributed by atoms with van der Waals surface area (Å²) in [4.78, 5) is 4.44. The van der Waals surface area contributed by atoms with Gasteiger partial charge >= 0.3 is 0 Å². The highest BCUT2D eigenvalue weighted by molar-refractivity contribution is 6.06. The zero-order valence-electron chi connectivity index (χ0n) is 10.3. The van der Waals surface area contributed by atoms with Gasteiger partial charge in [0.05, 0.1) is 19.7 Å². The number of rotatable bonds is 2. The average molecular weight is 239 g/mol. The number of aromatic nitrogens is 1. The van der Waals surface area contributed by atoms with Gasteiger partial charge in [0.15, 0.2) is 11.5 Å². The third kappa shape index (κ3) is 1.56. The summed E-state index contributed by atoms with van der Waals surface area (Å²) in [7, 11) is 3.28. The summed E-state index contributed by atoms with van der Waals surface area (Å²) in [6.45, 7) is 0. The number of hydrogen-bond donors (Lipinski definition) is 0. The van der Waals surface area contributed by atoms with E-state index in [2.05, 4.69) is 11.1 Å². The highest BCUT2D eigenvalue weighted by Gasteiger charge is 2.08. The highest BCUT2D eigenvalue weighted by atomic mass is 16.5. The Kier molecular flexibility index (Phi) is 2.52. The van der Waals surface area contributed by atoms with Gasteiger partial charge in [-0.05, 0) is 23.6 Å². The van der Waals surface area contributed by atoms with Gasteiger partial charge in [0.2, 0.25) is 0 Å². The van der Waals surface area contributed by atoms with Crippen LogP contribution in [0, 0.1) is 0 Å². The fourth-order valence-corrected chi connectivity index (χ4v) is 2.19. The van der Waals surface area contributed by atoms with E-state index < -0.39 is 0 Å². The molecule has 90 valence electrons. The molecule has 0 aliphatic carbocycles. The third-order valence-corrected chi connectivity index (χ3v) is 3.09. The molecule has 3 rings (SSSR count). The van der Waals surface area contributed by atoms with Gasteiger partial charge in [0.1, 0.15) is 0 Å². The summed E-state index contributed by atoms with van der Waals surface area (Å²) in [5.41, 5.74) is 0.984. The smallest absolute Gasteiger partial charge is 0.161 e. The van der Waals surface area contributed by atoms with Crippen LogP contribution in [-0.2, 0) is 0 Å². The first-order chi connectivity index (χ1) is 8.83. The molecule has 0 bridgehead atoms. The van der Waals surface area contributed by atoms with Crippen molar-refractivity contribution in [3.05, 3.63) is 42.6 Å². The Morgan fingerprint density at radius 3 is 2.39 bits per heavy atom. The summed E-state index contributed by atoms with van der Waals surface area (Å²) < 4.78 is 10.7. The molecular weight excluding hydrogens is 226 g/mol. The molecule has 0 unspecified atom stereocenters. The Hall–Kier alpha value is -2.29. The SMILES string of the molecule is COc1cc2cnc3ccccc3c2cc1OC. The molecule has 0 radical (unpaired) electrons. The van der Waals surface area contributed by atoms with Crippen LogP contribution in [0.4, 0.5) is 0 Å². The Morgan fingerprint density at radius 1 is 0.889 bits per heavy atom. The van der Waals surface area contributed by atoms with Crippen LogP contribution in [0.25, 0.3) is 21.7 Å². The molecule has 0 aliphatic rings. The fraction of sp³-hybridized carbons (Fsp3) is 0.133. The minimum atomic E-state index is 0.724. The maximum atomic E-state index is 5.35. The van der Waals surface area contributed by atoms with Crippen molar-refractivity contribution < 1.29 is 9.47 Å². The van der Waals surface area contributed by atoms with Gasteiger partial charge < -0.3 is 9.47 Å². The second kappa shape index (κ2) is 4.18. The Balaban J connectivity index is 2.43. The summed E-state index contributed by atoms with van der Waals surface area (Å²) in [6.07, 6.45) is 1.86. The van der Waals surface area contributed by atoms with Crippen LogP contribution < -0.4 is 9.47 Å². The molecule has 0 N–H and O–H groups in total. The number of fused-ring (bicyclic) bond motifs is 3. The van der Waals surface area contributed by atoms with Crippen LogP contribution in [0.2, 0.25) is 0 Å². The van der Waals surface area contributed by atoms with Crippen molar-refractivity contribution in [2.75, 3.05) is 14.2 Å². The van der Waals surface area contributed by atoms with Crippen molar-refractivity contribution in [3.63, 3.8) is 0 Å². The molecule has 1 aromatic heterocycles. The van der Waals surface area contributed by atoms with Crippen LogP contribution in [0.3, 0.4) is 0 Å². The number of methoxy groups -OCH3 is 2. The van der Waals surface area contributed by atoms with Crippen molar-refractivity contribution in [2.45, 2.75) is 0 Å². The Bertz CT molecular complexity index is 722. The molecule has 18 heavy (non-hydrogen) atoms. The number of hydrogen-bond acceptors (Lipinski definition) is 3. The van der Waals surface area contributed by atoms with Crippen molar-refractivity contribution in [2.24, 2.45) is 0 Å². The Morgan fingerprint density at radius 2 is 1.61 bits per heavy atom. The minimum absolute atomic E-state index is 0.724. The van der Waals surface area contributed by atoms with Crippen LogP contribution in [0.5, 0.6) is 11.5 Å². The molecule has 0 saturated heterocycles. The summed E-state index contributed by atoms with van der Waals surface area (Å²) in [6, 6.07) is 12.0. The molecule has 0 aliphatic heterocycles. The first kappa shape index (κ1) is 10.8. The van der Waals surface area contributed by atoms with Crippen molar-refractivity contribution in [3.8, 4) is 11.5 Å². The van der Waals surface area contributed by atoms with E-state index in [-0.39, 0.29) is 0 Å². The second-order valence-corrected chi connectivity index (χ2v) is 4.07. The van der Waals surface area contributed by atoms with Crippen molar-refractivity contribution in [1.82, 2.24) is 4.98 Å². The van der Waals surface area contributed by atoms with E-state index in [4.69, 9.17) is 9.47 Å². The largest absolute Gasteiger partial charge is 0.493 e. The molecule has 0 atom stereocenters. The lowest BCUT2D eigenvalue weighted by atomic mass is 10.1. The fourth-order valence-electron chi connectivity index (χ4n) is 2.19. The highest BCUT2D eigenvalue weighted by Crippen LogP contribution is 2.34. The van der Waals surface area contributed by atoms with Crippen molar-refractivity contribution >= 4 is 21.7 Å². The van der Waals surface area contributed by atoms with Crippen LogP contribution in [-0.4, -0.2) is 19.2 Å². The number of para-hydroxylation sites is 1. The molecule has 0 spiro atoms. The van der Waals surface area contributed by atoms with Gasteiger partial charge in [0, 0.05) is 17.0 Å². The maximum absolute atomic E-state index is 5.35. The molecule has 3 aromatic rings. The normalized spacial score (nSPS) is 10.8.